The van der Waals surface area contributed by atoms with Gasteiger partial charge in [0.1, 0.15) is 0 Å². The molecule has 9 rings (SSSR count). The van der Waals surface area contributed by atoms with Gasteiger partial charge in [-0.05, 0) is 80.5 Å². The third-order valence-electron chi connectivity index (χ3n) is 9.94. The second-order valence-electron chi connectivity index (χ2n) is 13.7. The molecule has 0 saturated carbocycles. The van der Waals surface area contributed by atoms with Gasteiger partial charge in [-0.1, -0.05) is 129 Å². The van der Waals surface area contributed by atoms with Gasteiger partial charge in [-0.3, -0.25) is 0 Å². The second kappa shape index (κ2) is 15.5. The molecule has 0 aliphatic heterocycles. The number of hydrogen-bond acceptors (Lipinski definition) is 2. The van der Waals surface area contributed by atoms with Crippen molar-refractivity contribution in [1.82, 2.24) is 9.97 Å². The van der Waals surface area contributed by atoms with E-state index >= 15 is 0 Å². The molecule has 259 valence electrons. The second-order valence-corrected chi connectivity index (χ2v) is 13.7. The SMILES string of the molecule is CC1(C)c2ccccc2-c2cccc(-c3ccc(-c4ccc(-c5cc[c-]c(-c6ccccn6)c5)cc4)cc3)c21.Cc1cccc(-c2[c-]cccc2)n1.[Ir]. The van der Waals surface area contributed by atoms with E-state index in [1.807, 2.05) is 79.9 Å². The Morgan fingerprint density at radius 1 is 0.472 bits per heavy atom. The zero-order valence-electron chi connectivity index (χ0n) is 30.0. The molecule has 6 aromatic carbocycles. The van der Waals surface area contributed by atoms with Crippen LogP contribution in [0.25, 0.3) is 67.0 Å². The molecule has 0 N–H and O–H groups in total. The number of pyridine rings is 2. The van der Waals surface area contributed by atoms with Crippen LogP contribution in [0.15, 0.2) is 176 Å². The van der Waals surface area contributed by atoms with Crippen LogP contribution in [-0.2, 0) is 25.5 Å². The van der Waals surface area contributed by atoms with E-state index in [4.69, 9.17) is 0 Å². The summed E-state index contributed by atoms with van der Waals surface area (Å²) in [5.41, 5.74) is 17.9. The standard InChI is InChI=1S/C38H28N.C12H10N.Ir/c1-38(2)35-14-4-3-11-33(35)34-13-8-12-32(37(34)38)29-22-20-27(21-23-29)26-16-18-28(19-17-26)30-9-7-10-31(25-30)36-15-5-6-24-39-36;1-10-6-5-9-12(13-10)11-7-3-2-4-8-11;/h3-9,11-25H,1-2H3;2-7,9H,1H3;/q2*-1;. The molecule has 2 aromatic heterocycles. The van der Waals surface area contributed by atoms with Crippen LogP contribution in [0.5, 0.6) is 0 Å². The molecule has 1 aliphatic rings. The first-order valence-corrected chi connectivity index (χ1v) is 17.7. The first kappa shape index (κ1) is 35.7. The average molecular weight is 859 g/mol. The third kappa shape index (κ3) is 7.32. The van der Waals surface area contributed by atoms with Crippen molar-refractivity contribution in [3.05, 3.63) is 205 Å². The first-order valence-electron chi connectivity index (χ1n) is 17.7. The van der Waals surface area contributed by atoms with Crippen molar-refractivity contribution in [2.24, 2.45) is 0 Å². The van der Waals surface area contributed by atoms with Crippen molar-refractivity contribution in [2.75, 3.05) is 0 Å². The van der Waals surface area contributed by atoms with Crippen molar-refractivity contribution in [1.29, 1.82) is 0 Å². The fourth-order valence-corrected chi connectivity index (χ4v) is 7.35. The van der Waals surface area contributed by atoms with Gasteiger partial charge in [0.05, 0.1) is 0 Å². The minimum atomic E-state index is -0.0251. The summed E-state index contributed by atoms with van der Waals surface area (Å²) in [5, 5.41) is 0. The van der Waals surface area contributed by atoms with Crippen LogP contribution in [0.1, 0.15) is 30.7 Å². The Hall–Kier alpha value is -5.73. The zero-order chi connectivity index (χ0) is 35.5. The molecule has 0 fully saturated rings. The van der Waals surface area contributed by atoms with E-state index in [9.17, 15) is 0 Å². The number of nitrogens with zero attached hydrogens (tertiary/aromatic N) is 2. The van der Waals surface area contributed by atoms with E-state index in [2.05, 4.69) is 139 Å². The molecule has 0 atom stereocenters. The van der Waals surface area contributed by atoms with Gasteiger partial charge in [-0.25, -0.2) is 0 Å². The van der Waals surface area contributed by atoms with Crippen LogP contribution in [0, 0.1) is 19.1 Å². The summed E-state index contributed by atoms with van der Waals surface area (Å²) in [4.78, 5) is 8.88. The van der Waals surface area contributed by atoms with Gasteiger partial charge in [0.2, 0.25) is 0 Å². The fourth-order valence-electron chi connectivity index (χ4n) is 7.35. The predicted molar refractivity (Wildman–Crippen MR) is 216 cm³/mol. The molecule has 0 amide bonds. The van der Waals surface area contributed by atoms with Gasteiger partial charge in [0, 0.05) is 37.4 Å². The Balaban J connectivity index is 0.000000263. The Morgan fingerprint density at radius 2 is 1.08 bits per heavy atom. The fraction of sp³-hybridized carbons (Fsp3) is 0.0800. The zero-order valence-corrected chi connectivity index (χ0v) is 32.4. The Bertz CT molecular complexity index is 2470. The minimum absolute atomic E-state index is 0. The predicted octanol–water partition coefficient (Wildman–Crippen LogP) is 12.7. The maximum Gasteiger partial charge on any atom is 0.0266 e. The average Bonchev–Trinajstić information content (AvgIpc) is 3.45. The molecule has 0 bridgehead atoms. The molecular weight excluding hydrogens is 821 g/mol. The van der Waals surface area contributed by atoms with E-state index in [-0.39, 0.29) is 25.5 Å². The maximum atomic E-state index is 4.47. The Kier molecular flexibility index (Phi) is 10.4. The molecule has 1 radical (unpaired) electrons. The minimum Gasteiger partial charge on any atom is -0.305 e. The van der Waals surface area contributed by atoms with E-state index in [1.165, 1.54) is 50.1 Å². The van der Waals surface area contributed by atoms with Crippen molar-refractivity contribution in [2.45, 2.75) is 26.2 Å². The van der Waals surface area contributed by atoms with Crippen LogP contribution in [0.2, 0.25) is 0 Å². The van der Waals surface area contributed by atoms with Crippen molar-refractivity contribution in [3.63, 3.8) is 0 Å². The molecule has 8 aromatic rings. The van der Waals surface area contributed by atoms with Gasteiger partial charge < -0.3 is 9.97 Å². The number of aromatic nitrogens is 2. The molecule has 3 heteroatoms. The molecule has 0 saturated heterocycles. The summed E-state index contributed by atoms with van der Waals surface area (Å²) < 4.78 is 0. The van der Waals surface area contributed by atoms with E-state index in [0.29, 0.717) is 0 Å². The van der Waals surface area contributed by atoms with Gasteiger partial charge in [0.25, 0.3) is 0 Å². The van der Waals surface area contributed by atoms with Gasteiger partial charge in [0.15, 0.2) is 0 Å². The molecule has 1 aliphatic carbocycles. The van der Waals surface area contributed by atoms with Crippen molar-refractivity contribution < 1.29 is 20.1 Å². The number of fused-ring (bicyclic) bond motifs is 3. The Morgan fingerprint density at radius 3 is 1.77 bits per heavy atom. The third-order valence-corrected chi connectivity index (χ3v) is 9.94. The molecule has 0 unspecified atom stereocenters. The number of rotatable bonds is 5. The van der Waals surface area contributed by atoms with Crippen LogP contribution in [0.4, 0.5) is 0 Å². The van der Waals surface area contributed by atoms with E-state index < -0.39 is 0 Å². The summed E-state index contributed by atoms with van der Waals surface area (Å²) >= 11 is 0. The number of aryl methyl sites for hydroxylation is 1. The molecule has 53 heavy (non-hydrogen) atoms. The summed E-state index contributed by atoms with van der Waals surface area (Å²) in [7, 11) is 0. The van der Waals surface area contributed by atoms with Crippen molar-refractivity contribution >= 4 is 0 Å². The summed E-state index contributed by atoms with van der Waals surface area (Å²) in [6.45, 7) is 6.69. The molecule has 2 heterocycles. The quantitative estimate of drug-likeness (QED) is 0.161. The van der Waals surface area contributed by atoms with Crippen LogP contribution in [-0.4, -0.2) is 9.97 Å². The monoisotopic (exact) mass is 859 g/mol. The smallest absolute Gasteiger partial charge is 0.0266 e. The Labute approximate surface area is 326 Å². The van der Waals surface area contributed by atoms with E-state index in [1.54, 1.807) is 0 Å². The van der Waals surface area contributed by atoms with Gasteiger partial charge in [-0.2, -0.15) is 0 Å². The normalized spacial score (nSPS) is 12.1. The summed E-state index contributed by atoms with van der Waals surface area (Å²) in [6.07, 6.45) is 1.82. The molecular formula is C50H38IrN2-2. The first-order chi connectivity index (χ1) is 25.5. The van der Waals surface area contributed by atoms with Crippen LogP contribution < -0.4 is 0 Å². The maximum absolute atomic E-state index is 4.47. The van der Waals surface area contributed by atoms with Crippen molar-refractivity contribution in [3.8, 4) is 67.0 Å². The number of hydrogen-bond donors (Lipinski definition) is 0. The van der Waals surface area contributed by atoms with Crippen LogP contribution >= 0.6 is 0 Å². The largest absolute Gasteiger partial charge is 0.305 e. The topological polar surface area (TPSA) is 25.8 Å². The number of benzene rings is 6. The summed E-state index contributed by atoms with van der Waals surface area (Å²) in [5.74, 6) is 0. The van der Waals surface area contributed by atoms with Gasteiger partial charge >= 0.3 is 0 Å². The summed E-state index contributed by atoms with van der Waals surface area (Å²) in [6, 6.07) is 66.0. The van der Waals surface area contributed by atoms with Crippen LogP contribution in [0.3, 0.4) is 0 Å². The van der Waals surface area contributed by atoms with E-state index in [0.717, 1.165) is 33.8 Å². The molecule has 2 nitrogen and oxygen atoms in total. The molecule has 0 spiro atoms. The van der Waals surface area contributed by atoms with Gasteiger partial charge in [-0.15, -0.1) is 71.3 Å².